The highest BCUT2D eigenvalue weighted by atomic mass is 19.2. The largest absolute Gasteiger partial charge is 0.677 e. The van der Waals surface area contributed by atoms with Gasteiger partial charge in [-0.3, -0.25) is 27.2 Å². The third-order valence-electron chi connectivity index (χ3n) is 13.3. The number of allylic oxidation sites excluding steroid dienone is 4. The molecular formula is C60H68B2F4N4O6. The number of hydrogen-bond donors (Lipinski definition) is 0. The van der Waals surface area contributed by atoms with Crippen LogP contribution in [-0.4, -0.2) is 74.6 Å². The van der Waals surface area contributed by atoms with Gasteiger partial charge in [0.05, 0.1) is 48.9 Å². The molecule has 0 fully saturated rings. The third-order valence-corrected chi connectivity index (χ3v) is 13.3. The average Bonchev–Trinajstić information content (AvgIpc) is 4.31. The number of hydrogen-bond acceptors (Lipinski definition) is 8. The fraction of sp³-hybridized carbons (Fsp3) is 0.367. The molecule has 2 aromatic heterocycles. The second-order valence-electron chi connectivity index (χ2n) is 18.9. The Bertz CT molecular complexity index is 2570. The van der Waals surface area contributed by atoms with Crippen LogP contribution in [0.5, 0.6) is 11.5 Å². The van der Waals surface area contributed by atoms with Crippen molar-refractivity contribution in [1.29, 1.82) is 0 Å². The zero-order valence-corrected chi connectivity index (χ0v) is 43.3. The van der Waals surface area contributed by atoms with Crippen LogP contribution in [0.1, 0.15) is 159 Å². The van der Waals surface area contributed by atoms with Crippen molar-refractivity contribution in [1.82, 2.24) is 8.96 Å². The maximum Gasteiger partial charge on any atom is 0.677 e. The molecular weight excluding hydrogens is 970 g/mol. The van der Waals surface area contributed by atoms with Crippen LogP contribution in [0.2, 0.25) is 0 Å². The summed E-state index contributed by atoms with van der Waals surface area (Å²) in [4.78, 5) is 33.9. The van der Waals surface area contributed by atoms with Gasteiger partial charge in [-0.1, -0.05) is 114 Å². The Labute approximate surface area is 445 Å². The van der Waals surface area contributed by atoms with Crippen LogP contribution < -0.4 is 9.47 Å². The number of ether oxygens (including phenoxy) is 4. The number of aliphatic imine (C=N–C) groups is 2. The van der Waals surface area contributed by atoms with Gasteiger partial charge in [-0.05, 0) is 146 Å². The molecule has 2 aliphatic rings. The van der Waals surface area contributed by atoms with Crippen molar-refractivity contribution < 1.29 is 45.8 Å². The highest BCUT2D eigenvalue weighted by molar-refractivity contribution is 6.41. The molecule has 4 heterocycles. The smallest absolute Gasteiger partial charge is 0.494 e. The van der Waals surface area contributed by atoms with Crippen LogP contribution in [0.25, 0.3) is 11.1 Å². The van der Waals surface area contributed by atoms with Crippen LogP contribution in [0.3, 0.4) is 0 Å². The quantitative estimate of drug-likeness (QED) is 0.0176. The summed E-state index contributed by atoms with van der Waals surface area (Å²) in [7, 11) is -5.30. The number of esters is 2. The Morgan fingerprint density at radius 1 is 0.408 bits per heavy atom. The van der Waals surface area contributed by atoms with E-state index < -0.39 is 26.7 Å². The maximum atomic E-state index is 13.7. The van der Waals surface area contributed by atoms with E-state index in [0.29, 0.717) is 71.5 Å². The lowest BCUT2D eigenvalue weighted by Crippen LogP contribution is -2.15. The van der Waals surface area contributed by atoms with Gasteiger partial charge in [-0.25, -0.2) is 9.59 Å². The number of nitrogens with zero attached hydrogens (tertiary/aromatic N) is 4. The normalized spacial score (nSPS) is 13.8. The SMILES string of the molecule is O=C(OCCCCCCCCCCCOc1ccc(/C(=C2/C=CC=N2)c2cccn2B(F)F)cc1)c1ccc(C(=O)OCCCCCCCCCCCOc2ccc(/C(=C3/C=CC=N3)c3cccn3B(F)F)cc2)cc1. The monoisotopic (exact) mass is 1040 g/mol. The summed E-state index contributed by atoms with van der Waals surface area (Å²) in [5.41, 5.74) is 5.79. The Balaban J connectivity index is 0.637. The van der Waals surface area contributed by atoms with Crippen molar-refractivity contribution in [2.45, 2.75) is 116 Å². The topological polar surface area (TPSA) is 106 Å². The molecule has 0 saturated heterocycles. The van der Waals surface area contributed by atoms with E-state index in [1.54, 1.807) is 73.1 Å². The van der Waals surface area contributed by atoms with E-state index in [-0.39, 0.29) is 0 Å². The predicted octanol–water partition coefficient (Wildman–Crippen LogP) is 15.1. The molecule has 3 aromatic carbocycles. The Kier molecular flexibility index (Phi) is 23.2. The molecule has 0 spiro atoms. The molecule has 5 aromatic rings. The lowest BCUT2D eigenvalue weighted by molar-refractivity contribution is 0.0483. The maximum absolute atomic E-state index is 13.7. The first-order chi connectivity index (χ1) is 37.3. The van der Waals surface area contributed by atoms with Crippen LogP contribution in [-0.2, 0) is 9.47 Å². The van der Waals surface area contributed by atoms with Crippen molar-refractivity contribution in [2.75, 3.05) is 26.4 Å². The number of aromatic nitrogens is 2. The second kappa shape index (κ2) is 31.1. The van der Waals surface area contributed by atoms with Gasteiger partial charge < -0.3 is 27.9 Å². The molecule has 16 heteroatoms. The predicted molar refractivity (Wildman–Crippen MR) is 297 cm³/mol. The van der Waals surface area contributed by atoms with E-state index in [0.717, 1.165) is 147 Å². The number of unbranched alkanes of at least 4 members (excludes halogenated alkanes) is 16. The summed E-state index contributed by atoms with van der Waals surface area (Å²) in [5, 5.41) is 0. The highest BCUT2D eigenvalue weighted by Gasteiger charge is 2.25. The summed E-state index contributed by atoms with van der Waals surface area (Å²) >= 11 is 0. The molecule has 76 heavy (non-hydrogen) atoms. The molecule has 0 N–H and O–H groups in total. The van der Waals surface area contributed by atoms with Crippen molar-refractivity contribution in [3.8, 4) is 11.5 Å². The summed E-state index contributed by atoms with van der Waals surface area (Å²) in [6, 6.07) is 28.1. The van der Waals surface area contributed by atoms with Crippen molar-refractivity contribution >= 4 is 50.3 Å². The summed E-state index contributed by atoms with van der Waals surface area (Å²) in [6.45, 7) is 1.95. The minimum atomic E-state index is -2.65. The fourth-order valence-electron chi connectivity index (χ4n) is 9.24. The molecule has 7 rings (SSSR count). The molecule has 10 nitrogen and oxygen atoms in total. The Morgan fingerprint density at radius 3 is 1.04 bits per heavy atom. The minimum Gasteiger partial charge on any atom is -0.494 e. The van der Waals surface area contributed by atoms with Crippen LogP contribution >= 0.6 is 0 Å². The number of halogens is 4. The first kappa shape index (κ1) is 56.6. The van der Waals surface area contributed by atoms with Crippen molar-refractivity contribution in [3.63, 3.8) is 0 Å². The van der Waals surface area contributed by atoms with Gasteiger partial charge in [0, 0.05) is 35.0 Å². The standard InChI is InChI=1S/C60H68B2F4N4O6/c63-61(64)69-41-21-25-55(69)57(53-23-19-39-67-53)47-31-35-51(36-32-47)73-43-15-11-7-3-1-5-9-13-17-45-75-59(71)49-27-29-50(30-28-49)60(72)76-46-18-14-10-6-2-4-8-12-16-44-74-52-37-33-48(34-38-52)58(54-24-20-40-68-54)56-26-22-42-70(56)62(65)66/h19-42H,1-18,43-46H2/b57-53+,58-54+. The van der Waals surface area contributed by atoms with Crippen LogP contribution in [0.15, 0.2) is 155 Å². The van der Waals surface area contributed by atoms with E-state index in [9.17, 15) is 26.9 Å². The van der Waals surface area contributed by atoms with Gasteiger partial charge in [0.1, 0.15) is 11.5 Å². The molecule has 398 valence electrons. The van der Waals surface area contributed by atoms with Gasteiger partial charge in [0.25, 0.3) is 0 Å². The zero-order chi connectivity index (χ0) is 53.2. The van der Waals surface area contributed by atoms with Gasteiger partial charge in [0.2, 0.25) is 0 Å². The zero-order valence-electron chi connectivity index (χ0n) is 43.3. The lowest BCUT2D eigenvalue weighted by Gasteiger charge is -2.13. The number of carbonyl (C=O) groups is 2. The summed E-state index contributed by atoms with van der Waals surface area (Å²) in [6.07, 6.45) is 32.3. The van der Waals surface area contributed by atoms with E-state index in [1.165, 1.54) is 12.4 Å². The van der Waals surface area contributed by atoms with Crippen LogP contribution in [0, 0.1) is 0 Å². The molecule has 0 unspecified atom stereocenters. The highest BCUT2D eigenvalue weighted by Crippen LogP contribution is 2.33. The summed E-state index contributed by atoms with van der Waals surface area (Å²) in [5.74, 6) is 0.693. The van der Waals surface area contributed by atoms with Gasteiger partial charge >= 0.3 is 26.7 Å². The Hall–Kier alpha value is -7.09. The van der Waals surface area contributed by atoms with E-state index in [1.807, 2.05) is 60.7 Å². The van der Waals surface area contributed by atoms with Crippen molar-refractivity contribution in [3.05, 3.63) is 179 Å². The number of benzene rings is 3. The molecule has 0 bridgehead atoms. The molecule has 2 aliphatic heterocycles. The van der Waals surface area contributed by atoms with Gasteiger partial charge in [-0.15, -0.1) is 0 Å². The van der Waals surface area contributed by atoms with E-state index >= 15 is 0 Å². The first-order valence-corrected chi connectivity index (χ1v) is 27.0. The lowest BCUT2D eigenvalue weighted by atomic mass is 9.98. The number of rotatable bonds is 34. The van der Waals surface area contributed by atoms with Gasteiger partial charge in [0.15, 0.2) is 0 Å². The van der Waals surface area contributed by atoms with Crippen molar-refractivity contribution in [2.24, 2.45) is 9.98 Å². The molecule has 0 amide bonds. The average molecular weight is 1040 g/mol. The van der Waals surface area contributed by atoms with E-state index in [4.69, 9.17) is 18.9 Å². The van der Waals surface area contributed by atoms with E-state index in [2.05, 4.69) is 9.98 Å². The minimum absolute atomic E-state index is 0.362. The molecule has 0 radical (unpaired) electrons. The van der Waals surface area contributed by atoms with Crippen LogP contribution in [0.4, 0.5) is 17.3 Å². The number of carbonyl (C=O) groups excluding carboxylic acids is 2. The van der Waals surface area contributed by atoms with Gasteiger partial charge in [-0.2, -0.15) is 0 Å². The fourth-order valence-corrected chi connectivity index (χ4v) is 9.24. The first-order valence-electron chi connectivity index (χ1n) is 27.0. The third kappa shape index (κ3) is 17.5. The molecule has 0 atom stereocenters. The second-order valence-corrected chi connectivity index (χ2v) is 18.9. The molecule has 0 saturated carbocycles. The molecule has 0 aliphatic carbocycles. The Morgan fingerprint density at radius 2 is 0.724 bits per heavy atom. The summed E-state index contributed by atoms with van der Waals surface area (Å²) < 4.78 is 79.5.